The van der Waals surface area contributed by atoms with Crippen LogP contribution in [0.2, 0.25) is 0 Å². The normalized spacial score (nSPS) is 10.9. The summed E-state index contributed by atoms with van der Waals surface area (Å²) in [6, 6.07) is 22.4. The molecule has 4 rings (SSSR count). The van der Waals surface area contributed by atoms with Crippen LogP contribution >= 0.6 is 11.8 Å². The molecule has 0 atom stereocenters. The summed E-state index contributed by atoms with van der Waals surface area (Å²) in [6.45, 7) is 3.19. The summed E-state index contributed by atoms with van der Waals surface area (Å²) in [4.78, 5) is 23.9. The summed E-state index contributed by atoms with van der Waals surface area (Å²) in [5.74, 6) is 0.650. The number of nitrogens with zero attached hydrogens (tertiary/aromatic N) is 2. The van der Waals surface area contributed by atoms with E-state index in [1.165, 1.54) is 45.7 Å². The van der Waals surface area contributed by atoms with Crippen LogP contribution in [0.3, 0.4) is 0 Å². The molecule has 0 spiro atoms. The fourth-order valence-corrected chi connectivity index (χ4v) is 4.63. The molecule has 1 N–H and O–H groups in total. The fourth-order valence-electron chi connectivity index (χ4n) is 3.60. The highest BCUT2D eigenvalue weighted by Gasteiger charge is 2.11. The van der Waals surface area contributed by atoms with Gasteiger partial charge in [0, 0.05) is 58.5 Å². The quantitative estimate of drug-likeness (QED) is 0.218. The molecule has 3 aromatic carbocycles. The van der Waals surface area contributed by atoms with Crippen LogP contribution in [-0.2, 0) is 12.3 Å². The molecule has 0 unspecified atom stereocenters. The second-order valence-electron chi connectivity index (χ2n) is 7.54. The van der Waals surface area contributed by atoms with Crippen molar-refractivity contribution in [2.75, 3.05) is 6.54 Å². The average molecular weight is 446 g/mol. The molecular weight excluding hydrogens is 422 g/mol. The van der Waals surface area contributed by atoms with E-state index in [0.717, 1.165) is 11.3 Å². The number of non-ortho nitro benzene ring substituents is 1. The third-order valence-electron chi connectivity index (χ3n) is 5.21. The molecule has 4 aromatic rings. The van der Waals surface area contributed by atoms with Crippen molar-refractivity contribution < 1.29 is 9.72 Å². The number of fused-ring (bicyclic) bond motifs is 1. The van der Waals surface area contributed by atoms with E-state index in [9.17, 15) is 14.9 Å². The van der Waals surface area contributed by atoms with Crippen molar-refractivity contribution in [1.82, 2.24) is 9.88 Å². The maximum atomic E-state index is 12.4. The van der Waals surface area contributed by atoms with E-state index in [0.29, 0.717) is 18.7 Å². The van der Waals surface area contributed by atoms with Gasteiger partial charge in [0.1, 0.15) is 0 Å². The highest BCUT2D eigenvalue weighted by atomic mass is 32.2. The number of nitro groups is 1. The van der Waals surface area contributed by atoms with Gasteiger partial charge in [0.2, 0.25) is 0 Å². The topological polar surface area (TPSA) is 77.2 Å². The van der Waals surface area contributed by atoms with Crippen molar-refractivity contribution in [2.45, 2.75) is 24.1 Å². The molecule has 1 amide bonds. The fraction of sp³-hybridized carbons (Fsp3) is 0.160. The minimum Gasteiger partial charge on any atom is -0.350 e. The van der Waals surface area contributed by atoms with Crippen molar-refractivity contribution >= 4 is 34.3 Å². The number of nitro benzene ring substituents is 1. The minimum absolute atomic E-state index is 0.0314. The van der Waals surface area contributed by atoms with Gasteiger partial charge in [-0.1, -0.05) is 48.0 Å². The number of hydrogen-bond donors (Lipinski definition) is 1. The number of aryl methyl sites for hydroxylation is 1. The number of para-hydroxylation sites is 1. The molecule has 162 valence electrons. The summed E-state index contributed by atoms with van der Waals surface area (Å²) in [5, 5.41) is 14.9. The molecule has 0 aliphatic carbocycles. The molecular formula is C25H23N3O3S. The zero-order valence-electron chi connectivity index (χ0n) is 17.7. The first-order valence-electron chi connectivity index (χ1n) is 10.3. The average Bonchev–Trinajstić information content (AvgIpc) is 3.15. The third kappa shape index (κ3) is 5.00. The first-order chi connectivity index (χ1) is 15.5. The van der Waals surface area contributed by atoms with Gasteiger partial charge in [0.15, 0.2) is 0 Å². The Morgan fingerprint density at radius 2 is 1.84 bits per heavy atom. The highest BCUT2D eigenvalue weighted by Crippen LogP contribution is 2.32. The molecule has 0 saturated heterocycles. The Labute approximate surface area is 190 Å². The summed E-state index contributed by atoms with van der Waals surface area (Å²) >= 11 is 1.81. The Bertz CT molecular complexity index is 1270. The number of nitrogens with one attached hydrogen (secondary N) is 1. The predicted molar refractivity (Wildman–Crippen MR) is 128 cm³/mol. The SMILES string of the molecule is Cc1cccc(CSc2cn(CCNC(=O)c3ccc([N+](=O)[O-])cc3)c3ccccc23)c1. The van der Waals surface area contributed by atoms with E-state index in [1.54, 1.807) is 0 Å². The van der Waals surface area contributed by atoms with Crippen LogP contribution in [0.25, 0.3) is 10.9 Å². The second-order valence-corrected chi connectivity index (χ2v) is 8.56. The van der Waals surface area contributed by atoms with Crippen LogP contribution in [0.15, 0.2) is 83.9 Å². The number of carbonyl (C=O) groups excluding carboxylic acids is 1. The van der Waals surface area contributed by atoms with Gasteiger partial charge in [-0.15, -0.1) is 11.8 Å². The van der Waals surface area contributed by atoms with Gasteiger partial charge in [-0.25, -0.2) is 0 Å². The predicted octanol–water partition coefficient (Wildman–Crippen LogP) is 5.58. The van der Waals surface area contributed by atoms with Crippen LogP contribution in [0.5, 0.6) is 0 Å². The van der Waals surface area contributed by atoms with Crippen LogP contribution < -0.4 is 5.32 Å². The molecule has 0 bridgehead atoms. The second kappa shape index (κ2) is 9.70. The van der Waals surface area contributed by atoms with Gasteiger partial charge in [0.25, 0.3) is 11.6 Å². The lowest BCUT2D eigenvalue weighted by Gasteiger charge is -2.07. The Morgan fingerprint density at radius 1 is 1.06 bits per heavy atom. The van der Waals surface area contributed by atoms with Crippen molar-refractivity contribution in [3.63, 3.8) is 0 Å². The Morgan fingerprint density at radius 3 is 2.59 bits per heavy atom. The molecule has 0 saturated carbocycles. The molecule has 0 aliphatic rings. The van der Waals surface area contributed by atoms with Gasteiger partial charge >= 0.3 is 0 Å². The molecule has 0 fully saturated rings. The number of aromatic nitrogens is 1. The van der Waals surface area contributed by atoms with Crippen LogP contribution in [0.4, 0.5) is 5.69 Å². The molecule has 32 heavy (non-hydrogen) atoms. The number of benzene rings is 3. The zero-order chi connectivity index (χ0) is 22.5. The zero-order valence-corrected chi connectivity index (χ0v) is 18.5. The Hall–Kier alpha value is -3.58. The summed E-state index contributed by atoms with van der Waals surface area (Å²) in [7, 11) is 0. The molecule has 7 heteroatoms. The lowest BCUT2D eigenvalue weighted by molar-refractivity contribution is -0.384. The minimum atomic E-state index is -0.479. The van der Waals surface area contributed by atoms with Crippen LogP contribution in [-0.4, -0.2) is 21.9 Å². The van der Waals surface area contributed by atoms with E-state index < -0.39 is 4.92 Å². The van der Waals surface area contributed by atoms with E-state index in [-0.39, 0.29) is 11.6 Å². The van der Waals surface area contributed by atoms with Gasteiger partial charge < -0.3 is 9.88 Å². The summed E-state index contributed by atoms with van der Waals surface area (Å²) in [5.41, 5.74) is 4.05. The maximum absolute atomic E-state index is 12.4. The molecule has 1 heterocycles. The largest absolute Gasteiger partial charge is 0.350 e. The van der Waals surface area contributed by atoms with E-state index in [4.69, 9.17) is 0 Å². The van der Waals surface area contributed by atoms with Gasteiger partial charge in [0.05, 0.1) is 4.92 Å². The van der Waals surface area contributed by atoms with Gasteiger partial charge in [-0.3, -0.25) is 14.9 Å². The maximum Gasteiger partial charge on any atom is 0.269 e. The van der Waals surface area contributed by atoms with Crippen molar-refractivity contribution in [2.24, 2.45) is 0 Å². The first-order valence-corrected chi connectivity index (χ1v) is 11.3. The highest BCUT2D eigenvalue weighted by molar-refractivity contribution is 7.98. The van der Waals surface area contributed by atoms with Gasteiger partial charge in [-0.2, -0.15) is 0 Å². The third-order valence-corrected chi connectivity index (χ3v) is 6.32. The molecule has 0 aliphatic heterocycles. The Balaban J connectivity index is 1.41. The van der Waals surface area contributed by atoms with E-state index in [1.807, 2.05) is 23.9 Å². The van der Waals surface area contributed by atoms with Gasteiger partial charge in [-0.05, 0) is 30.7 Å². The van der Waals surface area contributed by atoms with Crippen LogP contribution in [0, 0.1) is 17.0 Å². The molecule has 1 aromatic heterocycles. The van der Waals surface area contributed by atoms with E-state index >= 15 is 0 Å². The van der Waals surface area contributed by atoms with Crippen molar-refractivity contribution in [3.8, 4) is 0 Å². The molecule has 0 radical (unpaired) electrons. The van der Waals surface area contributed by atoms with Crippen molar-refractivity contribution in [1.29, 1.82) is 0 Å². The monoisotopic (exact) mass is 445 g/mol. The summed E-state index contributed by atoms with van der Waals surface area (Å²) in [6.07, 6.45) is 2.14. The number of rotatable bonds is 8. The van der Waals surface area contributed by atoms with Crippen molar-refractivity contribution in [3.05, 3.63) is 106 Å². The Kier molecular flexibility index (Phi) is 6.56. The standard InChI is InChI=1S/C25H23N3O3S/c1-18-5-4-6-19(15-18)17-32-24-16-27(23-8-3-2-7-22(23)24)14-13-26-25(29)20-9-11-21(12-10-20)28(30)31/h2-12,15-16H,13-14,17H2,1H3,(H,26,29). The summed E-state index contributed by atoms with van der Waals surface area (Å²) < 4.78 is 2.16. The van der Waals surface area contributed by atoms with E-state index in [2.05, 4.69) is 59.4 Å². The number of amides is 1. The number of thioether (sulfide) groups is 1. The smallest absolute Gasteiger partial charge is 0.269 e. The molecule has 6 nitrogen and oxygen atoms in total. The number of hydrogen-bond acceptors (Lipinski definition) is 4. The first kappa shape index (κ1) is 21.6. The number of carbonyl (C=O) groups is 1. The lowest BCUT2D eigenvalue weighted by atomic mass is 10.2. The van der Waals surface area contributed by atoms with Crippen LogP contribution in [0.1, 0.15) is 21.5 Å². The lowest BCUT2D eigenvalue weighted by Crippen LogP contribution is -2.27.